The Morgan fingerprint density at radius 3 is 2.62 bits per heavy atom. The van der Waals surface area contributed by atoms with E-state index in [0.717, 1.165) is 24.5 Å². The van der Waals surface area contributed by atoms with Gasteiger partial charge in [0.2, 0.25) is 0 Å². The fourth-order valence-electron chi connectivity index (χ4n) is 2.80. The van der Waals surface area contributed by atoms with E-state index in [1.165, 1.54) is 37.9 Å². The molecule has 0 bridgehead atoms. The first-order valence-electron chi connectivity index (χ1n) is 7.96. The third-order valence-corrected chi connectivity index (χ3v) is 3.90. The second-order valence-electron chi connectivity index (χ2n) is 5.92. The Bertz CT molecular complexity index is 429. The second kappa shape index (κ2) is 8.25. The molecule has 0 saturated carbocycles. The average Bonchev–Trinajstić information content (AvgIpc) is 2.49. The first-order valence-corrected chi connectivity index (χ1v) is 7.96. The van der Waals surface area contributed by atoms with Gasteiger partial charge in [-0.1, -0.05) is 12.5 Å². The van der Waals surface area contributed by atoms with Crippen molar-refractivity contribution in [3.05, 3.63) is 23.8 Å². The summed E-state index contributed by atoms with van der Waals surface area (Å²) in [5, 5.41) is 0. The molecular formula is C17H28N2O2. The fraction of sp³-hybridized carbons (Fsp3) is 0.647. The molecule has 118 valence electrons. The highest BCUT2D eigenvalue weighted by Gasteiger charge is 2.11. The lowest BCUT2D eigenvalue weighted by Crippen LogP contribution is -2.33. The van der Waals surface area contributed by atoms with Crippen molar-refractivity contribution in [3.8, 4) is 11.5 Å². The van der Waals surface area contributed by atoms with Crippen LogP contribution in [-0.4, -0.2) is 44.3 Å². The SMILES string of the molecule is COc1cc(CC(C)N)ccc1OCCN1CCCCC1. The first kappa shape index (κ1) is 16.1. The van der Waals surface area contributed by atoms with Crippen molar-refractivity contribution in [1.29, 1.82) is 0 Å². The molecule has 1 unspecified atom stereocenters. The molecule has 21 heavy (non-hydrogen) atoms. The van der Waals surface area contributed by atoms with Gasteiger partial charge >= 0.3 is 0 Å². The molecule has 1 aromatic carbocycles. The standard InChI is InChI=1S/C17H28N2O2/c1-14(18)12-15-6-7-16(17(13-15)20-2)21-11-10-19-8-4-3-5-9-19/h6-7,13-14H,3-5,8-12,18H2,1-2H3. The summed E-state index contributed by atoms with van der Waals surface area (Å²) in [6.07, 6.45) is 4.85. The molecule has 2 N–H and O–H groups in total. The topological polar surface area (TPSA) is 47.7 Å². The highest BCUT2D eigenvalue weighted by atomic mass is 16.5. The van der Waals surface area contributed by atoms with Gasteiger partial charge in [-0.15, -0.1) is 0 Å². The van der Waals surface area contributed by atoms with Gasteiger partial charge in [0.15, 0.2) is 11.5 Å². The maximum atomic E-state index is 5.89. The van der Waals surface area contributed by atoms with Gasteiger partial charge in [0, 0.05) is 12.6 Å². The Kier molecular flexibility index (Phi) is 6.33. The Morgan fingerprint density at radius 2 is 1.95 bits per heavy atom. The minimum Gasteiger partial charge on any atom is -0.493 e. The number of ether oxygens (including phenoxy) is 2. The molecule has 1 atom stereocenters. The van der Waals surface area contributed by atoms with Crippen molar-refractivity contribution in [2.24, 2.45) is 5.73 Å². The van der Waals surface area contributed by atoms with Crippen LogP contribution in [-0.2, 0) is 6.42 Å². The van der Waals surface area contributed by atoms with E-state index >= 15 is 0 Å². The van der Waals surface area contributed by atoms with Crippen LogP contribution < -0.4 is 15.2 Å². The maximum Gasteiger partial charge on any atom is 0.161 e. The van der Waals surface area contributed by atoms with Crippen molar-refractivity contribution >= 4 is 0 Å². The number of hydrogen-bond donors (Lipinski definition) is 1. The Morgan fingerprint density at radius 1 is 1.19 bits per heavy atom. The molecule has 0 aliphatic carbocycles. The van der Waals surface area contributed by atoms with Gasteiger partial charge in [0.1, 0.15) is 6.61 Å². The molecule has 0 spiro atoms. The van der Waals surface area contributed by atoms with Gasteiger partial charge in [-0.3, -0.25) is 4.90 Å². The summed E-state index contributed by atoms with van der Waals surface area (Å²) in [4.78, 5) is 2.47. The quantitative estimate of drug-likeness (QED) is 0.838. The average molecular weight is 292 g/mol. The molecule has 4 nitrogen and oxygen atoms in total. The van der Waals surface area contributed by atoms with Crippen LogP contribution in [0.25, 0.3) is 0 Å². The van der Waals surface area contributed by atoms with E-state index < -0.39 is 0 Å². The maximum absolute atomic E-state index is 5.89. The number of likely N-dealkylation sites (tertiary alicyclic amines) is 1. The molecule has 1 aromatic rings. The summed E-state index contributed by atoms with van der Waals surface area (Å²) < 4.78 is 11.3. The van der Waals surface area contributed by atoms with Crippen molar-refractivity contribution in [2.75, 3.05) is 33.4 Å². The summed E-state index contributed by atoms with van der Waals surface area (Å²) in [5.74, 6) is 1.62. The van der Waals surface area contributed by atoms with Crippen molar-refractivity contribution in [1.82, 2.24) is 4.90 Å². The predicted octanol–water partition coefficient (Wildman–Crippen LogP) is 2.45. The summed E-state index contributed by atoms with van der Waals surface area (Å²) >= 11 is 0. The summed E-state index contributed by atoms with van der Waals surface area (Å²) in [5.41, 5.74) is 7.02. The lowest BCUT2D eigenvalue weighted by molar-refractivity contribution is 0.180. The number of nitrogens with zero attached hydrogens (tertiary/aromatic N) is 1. The minimum absolute atomic E-state index is 0.153. The third-order valence-electron chi connectivity index (χ3n) is 3.90. The molecule has 0 radical (unpaired) electrons. The van der Waals surface area contributed by atoms with E-state index in [1.807, 2.05) is 19.1 Å². The number of piperidine rings is 1. The van der Waals surface area contributed by atoms with Crippen LogP contribution in [0.5, 0.6) is 11.5 Å². The van der Waals surface area contributed by atoms with Crippen LogP contribution in [0.2, 0.25) is 0 Å². The van der Waals surface area contributed by atoms with Gasteiger partial charge in [0.25, 0.3) is 0 Å². The van der Waals surface area contributed by atoms with E-state index in [9.17, 15) is 0 Å². The van der Waals surface area contributed by atoms with Gasteiger partial charge in [0.05, 0.1) is 7.11 Å². The van der Waals surface area contributed by atoms with Crippen LogP contribution in [0.4, 0.5) is 0 Å². The Labute approximate surface area is 128 Å². The first-order chi connectivity index (χ1) is 10.2. The molecule has 1 fully saturated rings. The van der Waals surface area contributed by atoms with E-state index in [2.05, 4.69) is 11.0 Å². The number of rotatable bonds is 7. The van der Waals surface area contributed by atoms with Crippen LogP contribution in [0.15, 0.2) is 18.2 Å². The Balaban J connectivity index is 1.86. The number of hydrogen-bond acceptors (Lipinski definition) is 4. The highest BCUT2D eigenvalue weighted by molar-refractivity contribution is 5.43. The molecule has 0 aromatic heterocycles. The summed E-state index contributed by atoms with van der Waals surface area (Å²) in [7, 11) is 1.68. The van der Waals surface area contributed by atoms with Crippen LogP contribution in [0, 0.1) is 0 Å². The zero-order valence-electron chi connectivity index (χ0n) is 13.3. The summed E-state index contributed by atoms with van der Waals surface area (Å²) in [6, 6.07) is 6.25. The predicted molar refractivity (Wildman–Crippen MR) is 86.1 cm³/mol. The van der Waals surface area contributed by atoms with Gasteiger partial charge in [-0.05, 0) is 57.0 Å². The Hall–Kier alpha value is -1.26. The van der Waals surface area contributed by atoms with Crippen LogP contribution in [0.3, 0.4) is 0 Å². The van der Waals surface area contributed by atoms with E-state index in [-0.39, 0.29) is 6.04 Å². The molecule has 2 rings (SSSR count). The minimum atomic E-state index is 0.153. The van der Waals surface area contributed by atoms with Gasteiger partial charge in [-0.2, -0.15) is 0 Å². The lowest BCUT2D eigenvalue weighted by atomic mass is 10.1. The van der Waals surface area contributed by atoms with Crippen LogP contribution in [0.1, 0.15) is 31.7 Å². The summed E-state index contributed by atoms with van der Waals surface area (Å²) in [6.45, 7) is 6.12. The molecule has 1 aliphatic rings. The molecule has 0 amide bonds. The smallest absolute Gasteiger partial charge is 0.161 e. The van der Waals surface area contributed by atoms with Crippen molar-refractivity contribution < 1.29 is 9.47 Å². The molecule has 4 heteroatoms. The van der Waals surface area contributed by atoms with Gasteiger partial charge in [-0.25, -0.2) is 0 Å². The van der Waals surface area contributed by atoms with E-state index in [1.54, 1.807) is 7.11 Å². The van der Waals surface area contributed by atoms with E-state index in [4.69, 9.17) is 15.2 Å². The number of nitrogens with two attached hydrogens (primary N) is 1. The zero-order chi connectivity index (χ0) is 15.1. The second-order valence-corrected chi connectivity index (χ2v) is 5.92. The fourth-order valence-corrected chi connectivity index (χ4v) is 2.80. The zero-order valence-corrected chi connectivity index (χ0v) is 13.3. The van der Waals surface area contributed by atoms with E-state index in [0.29, 0.717) is 6.61 Å². The monoisotopic (exact) mass is 292 g/mol. The molecular weight excluding hydrogens is 264 g/mol. The lowest BCUT2D eigenvalue weighted by Gasteiger charge is -2.26. The number of methoxy groups -OCH3 is 1. The van der Waals surface area contributed by atoms with Crippen molar-refractivity contribution in [2.45, 2.75) is 38.6 Å². The number of benzene rings is 1. The molecule has 1 heterocycles. The normalized spacial score (nSPS) is 17.5. The third kappa shape index (κ3) is 5.21. The molecule has 1 saturated heterocycles. The van der Waals surface area contributed by atoms with Crippen molar-refractivity contribution in [3.63, 3.8) is 0 Å². The molecule has 1 aliphatic heterocycles. The van der Waals surface area contributed by atoms with Crippen LogP contribution >= 0.6 is 0 Å². The van der Waals surface area contributed by atoms with Gasteiger partial charge < -0.3 is 15.2 Å². The highest BCUT2D eigenvalue weighted by Crippen LogP contribution is 2.28. The largest absolute Gasteiger partial charge is 0.493 e.